The minimum absolute atomic E-state index is 0. The van der Waals surface area contributed by atoms with Gasteiger partial charge >= 0.3 is 0 Å². The fraction of sp³-hybridized carbons (Fsp3) is 0.524. The van der Waals surface area contributed by atoms with E-state index in [9.17, 15) is 0 Å². The highest BCUT2D eigenvalue weighted by Crippen LogP contribution is 2.10. The summed E-state index contributed by atoms with van der Waals surface area (Å²) in [5.41, 5.74) is 2.50. The monoisotopic (exact) mass is 528 g/mol. The Balaban J connectivity index is 0.00000300. The second-order valence-electron chi connectivity index (χ2n) is 7.29. The Labute approximate surface area is 196 Å². The van der Waals surface area contributed by atoms with Crippen molar-refractivity contribution in [1.29, 1.82) is 0 Å². The summed E-state index contributed by atoms with van der Waals surface area (Å²) < 4.78 is 0. The van der Waals surface area contributed by atoms with Crippen LogP contribution in [0, 0.1) is 6.92 Å². The second-order valence-corrected chi connectivity index (χ2v) is 8.35. The number of guanidine groups is 1. The Kier molecular flexibility index (Phi) is 10.3. The molecule has 1 fully saturated rings. The number of nitrogens with one attached hydrogen (secondary N) is 1. The number of hydrogen-bond donors (Lipinski definition) is 1. The molecule has 0 bridgehead atoms. The van der Waals surface area contributed by atoms with Gasteiger partial charge in [-0.15, -0.1) is 35.3 Å². The molecule has 0 aliphatic carbocycles. The van der Waals surface area contributed by atoms with Gasteiger partial charge in [-0.1, -0.05) is 30.3 Å². The molecule has 1 aliphatic rings. The molecule has 0 amide bonds. The van der Waals surface area contributed by atoms with Crippen molar-refractivity contribution in [3.05, 3.63) is 52.0 Å². The average Bonchev–Trinajstić information content (AvgIpc) is 3.12. The molecule has 0 radical (unpaired) electrons. The van der Waals surface area contributed by atoms with Crippen molar-refractivity contribution in [3.63, 3.8) is 0 Å². The average molecular weight is 529 g/mol. The van der Waals surface area contributed by atoms with Crippen molar-refractivity contribution < 1.29 is 0 Å². The number of aromatic nitrogens is 1. The first-order valence-corrected chi connectivity index (χ1v) is 10.8. The van der Waals surface area contributed by atoms with Gasteiger partial charge in [-0.2, -0.15) is 0 Å². The Bertz CT molecular complexity index is 743. The number of halogens is 1. The molecule has 1 aromatic carbocycles. The molecule has 1 saturated heterocycles. The third kappa shape index (κ3) is 7.84. The van der Waals surface area contributed by atoms with Crippen molar-refractivity contribution in [1.82, 2.24) is 25.0 Å². The van der Waals surface area contributed by atoms with Gasteiger partial charge in [0.25, 0.3) is 0 Å². The second kappa shape index (κ2) is 12.5. The van der Waals surface area contributed by atoms with Crippen molar-refractivity contribution in [2.45, 2.75) is 20.0 Å². The van der Waals surface area contributed by atoms with Crippen LogP contribution in [0.3, 0.4) is 0 Å². The maximum absolute atomic E-state index is 4.54. The molecule has 1 aliphatic heterocycles. The number of piperazine rings is 1. The van der Waals surface area contributed by atoms with E-state index >= 15 is 0 Å². The molecule has 2 heterocycles. The molecule has 8 heteroatoms. The van der Waals surface area contributed by atoms with Gasteiger partial charge in [-0.3, -0.25) is 14.8 Å². The SMILES string of the molecule is CN=C(NCCN1CCN(Cc2ccccc2)CC1)N(C)Cc1csc(C)n1.I. The third-order valence-corrected chi connectivity index (χ3v) is 5.89. The normalized spacial score (nSPS) is 15.8. The summed E-state index contributed by atoms with van der Waals surface area (Å²) in [7, 11) is 3.90. The molecular formula is C21H33IN6S. The van der Waals surface area contributed by atoms with Gasteiger partial charge in [-0.05, 0) is 12.5 Å². The summed E-state index contributed by atoms with van der Waals surface area (Å²) in [5.74, 6) is 0.924. The standard InChI is InChI=1S/C21H32N6S.HI/c1-18-24-20(17-28-18)16-25(3)21(22-2)23-9-10-26-11-13-27(14-12-26)15-19-7-5-4-6-8-19;/h4-8,17H,9-16H2,1-3H3,(H,22,23);1H. The van der Waals surface area contributed by atoms with E-state index in [0.29, 0.717) is 0 Å². The summed E-state index contributed by atoms with van der Waals surface area (Å²) in [6.45, 7) is 10.3. The first-order chi connectivity index (χ1) is 13.6. The molecule has 3 rings (SSSR count). The molecule has 29 heavy (non-hydrogen) atoms. The lowest BCUT2D eigenvalue weighted by atomic mass is 10.2. The van der Waals surface area contributed by atoms with Crippen LogP contribution in [0.25, 0.3) is 0 Å². The Morgan fingerprint density at radius 1 is 1.17 bits per heavy atom. The van der Waals surface area contributed by atoms with Crippen LogP contribution in [-0.2, 0) is 13.1 Å². The molecule has 1 aromatic heterocycles. The highest BCUT2D eigenvalue weighted by molar-refractivity contribution is 14.0. The summed E-state index contributed by atoms with van der Waals surface area (Å²) in [6.07, 6.45) is 0. The van der Waals surface area contributed by atoms with Crippen LogP contribution >= 0.6 is 35.3 Å². The van der Waals surface area contributed by atoms with Crippen molar-refractivity contribution >= 4 is 41.3 Å². The lowest BCUT2D eigenvalue weighted by Crippen LogP contribution is -2.49. The van der Waals surface area contributed by atoms with E-state index in [1.807, 2.05) is 14.0 Å². The number of thiazole rings is 1. The van der Waals surface area contributed by atoms with E-state index in [4.69, 9.17) is 0 Å². The van der Waals surface area contributed by atoms with Gasteiger partial charge in [0.15, 0.2) is 5.96 Å². The number of aliphatic imine (C=N–C) groups is 1. The molecule has 0 unspecified atom stereocenters. The van der Waals surface area contributed by atoms with E-state index in [0.717, 1.165) is 69.0 Å². The predicted molar refractivity (Wildman–Crippen MR) is 133 cm³/mol. The number of hydrogen-bond acceptors (Lipinski definition) is 5. The maximum Gasteiger partial charge on any atom is 0.193 e. The number of benzene rings is 1. The summed E-state index contributed by atoms with van der Waals surface area (Å²) >= 11 is 1.69. The Morgan fingerprint density at radius 2 is 1.86 bits per heavy atom. The smallest absolute Gasteiger partial charge is 0.193 e. The van der Waals surface area contributed by atoms with Gasteiger partial charge in [0.05, 0.1) is 17.2 Å². The first-order valence-electron chi connectivity index (χ1n) is 9.95. The minimum atomic E-state index is 0. The Morgan fingerprint density at radius 3 is 2.48 bits per heavy atom. The van der Waals surface area contributed by atoms with Crippen molar-refractivity contribution in [3.8, 4) is 0 Å². The fourth-order valence-electron chi connectivity index (χ4n) is 3.52. The molecule has 6 nitrogen and oxygen atoms in total. The van der Waals surface area contributed by atoms with Gasteiger partial charge in [0, 0.05) is 65.3 Å². The number of rotatable bonds is 7. The van der Waals surface area contributed by atoms with E-state index in [1.165, 1.54) is 5.56 Å². The van der Waals surface area contributed by atoms with Crippen LogP contribution in [0.15, 0.2) is 40.7 Å². The molecule has 1 N–H and O–H groups in total. The van der Waals surface area contributed by atoms with Crippen LogP contribution in [0.1, 0.15) is 16.3 Å². The number of aryl methyl sites for hydroxylation is 1. The van der Waals surface area contributed by atoms with E-state index in [1.54, 1.807) is 11.3 Å². The highest BCUT2D eigenvalue weighted by atomic mass is 127. The fourth-order valence-corrected chi connectivity index (χ4v) is 4.13. The van der Waals surface area contributed by atoms with Gasteiger partial charge in [-0.25, -0.2) is 4.98 Å². The first kappa shape index (κ1) is 24.0. The van der Waals surface area contributed by atoms with E-state index in [-0.39, 0.29) is 24.0 Å². The molecule has 0 saturated carbocycles. The maximum atomic E-state index is 4.54. The van der Waals surface area contributed by atoms with Gasteiger partial charge in [0.2, 0.25) is 0 Å². The van der Waals surface area contributed by atoms with Crippen molar-refractivity contribution in [2.24, 2.45) is 4.99 Å². The molecule has 2 aromatic rings. The minimum Gasteiger partial charge on any atom is -0.355 e. The third-order valence-electron chi connectivity index (χ3n) is 5.06. The molecule has 0 spiro atoms. The highest BCUT2D eigenvalue weighted by Gasteiger charge is 2.17. The van der Waals surface area contributed by atoms with Crippen LogP contribution in [-0.4, -0.2) is 79.0 Å². The lowest BCUT2D eigenvalue weighted by molar-refractivity contribution is 0.128. The Hall–Kier alpha value is -1.23. The lowest BCUT2D eigenvalue weighted by Gasteiger charge is -2.35. The van der Waals surface area contributed by atoms with Gasteiger partial charge < -0.3 is 10.2 Å². The summed E-state index contributed by atoms with van der Waals surface area (Å²) in [5, 5.41) is 6.72. The largest absolute Gasteiger partial charge is 0.355 e. The molecule has 0 atom stereocenters. The zero-order chi connectivity index (χ0) is 19.8. The summed E-state index contributed by atoms with van der Waals surface area (Å²) in [4.78, 5) is 16.2. The van der Waals surface area contributed by atoms with Crippen molar-refractivity contribution in [2.75, 3.05) is 53.4 Å². The zero-order valence-electron chi connectivity index (χ0n) is 17.7. The van der Waals surface area contributed by atoms with E-state index < -0.39 is 0 Å². The summed E-state index contributed by atoms with van der Waals surface area (Å²) in [6, 6.07) is 10.8. The van der Waals surface area contributed by atoms with E-state index in [2.05, 4.69) is 72.8 Å². The van der Waals surface area contributed by atoms with Crippen LogP contribution in [0.2, 0.25) is 0 Å². The van der Waals surface area contributed by atoms with Crippen LogP contribution in [0.5, 0.6) is 0 Å². The van der Waals surface area contributed by atoms with Crippen LogP contribution < -0.4 is 5.32 Å². The quantitative estimate of drug-likeness (QED) is 0.340. The molecular weight excluding hydrogens is 495 g/mol. The topological polar surface area (TPSA) is 47.0 Å². The predicted octanol–water partition coefficient (Wildman–Crippen LogP) is 2.89. The van der Waals surface area contributed by atoms with Crippen LogP contribution in [0.4, 0.5) is 0 Å². The zero-order valence-corrected chi connectivity index (χ0v) is 20.8. The molecule has 160 valence electrons. The number of nitrogens with zero attached hydrogens (tertiary/aromatic N) is 5. The van der Waals surface area contributed by atoms with Gasteiger partial charge in [0.1, 0.15) is 0 Å².